The van der Waals surface area contributed by atoms with E-state index in [0.717, 1.165) is 0 Å². The molecule has 1 aromatic rings. The smallest absolute Gasteiger partial charge is 0.270 e. The van der Waals surface area contributed by atoms with Gasteiger partial charge in [-0.25, -0.2) is 0 Å². The Morgan fingerprint density at radius 1 is 1.42 bits per heavy atom. The first-order chi connectivity index (χ1) is 8.90. The molecule has 19 heavy (non-hydrogen) atoms. The fraction of sp³-hybridized carbons (Fsp3) is 0.500. The molecule has 5 heteroatoms. The number of hydrogen-bond donors (Lipinski definition) is 1. The maximum absolute atomic E-state index is 12.2. The molecule has 104 valence electrons. The number of amides is 1. The van der Waals surface area contributed by atoms with Gasteiger partial charge in [0, 0.05) is 7.05 Å². The third-order valence-corrected chi connectivity index (χ3v) is 3.12. The number of nitrogens with zero attached hydrogens (tertiary/aromatic N) is 1. The predicted octanol–water partition coefficient (Wildman–Crippen LogP) is 1.71. The molecule has 1 aromatic carbocycles. The van der Waals surface area contributed by atoms with Gasteiger partial charge in [-0.1, -0.05) is 0 Å². The monoisotopic (exact) mass is 265 g/mol. The number of likely N-dealkylation sites (N-methyl/N-ethyl adjacent to an activating group) is 1. The van der Waals surface area contributed by atoms with Gasteiger partial charge in [-0.2, -0.15) is 0 Å². The molecule has 0 aromatic heterocycles. The molecule has 2 rings (SSSR count). The molecule has 5 nitrogen and oxygen atoms in total. The number of carbonyl (C=O) groups is 1. The van der Waals surface area contributed by atoms with E-state index in [9.17, 15) is 9.90 Å². The van der Waals surface area contributed by atoms with Crippen LogP contribution in [0.15, 0.2) is 12.1 Å². The van der Waals surface area contributed by atoms with Crippen LogP contribution in [0.3, 0.4) is 0 Å². The molecule has 0 saturated carbocycles. The zero-order valence-electron chi connectivity index (χ0n) is 11.7. The van der Waals surface area contributed by atoms with Crippen molar-refractivity contribution in [3.63, 3.8) is 0 Å². The van der Waals surface area contributed by atoms with Gasteiger partial charge in [-0.15, -0.1) is 0 Å². The van der Waals surface area contributed by atoms with Crippen LogP contribution < -0.4 is 14.4 Å². The van der Waals surface area contributed by atoms with Gasteiger partial charge in [-0.3, -0.25) is 4.79 Å². The molecular formula is C14H19NO4. The normalized spacial score (nSPS) is 16.9. The van der Waals surface area contributed by atoms with Crippen molar-refractivity contribution >= 4 is 11.6 Å². The largest absolute Gasteiger partial charge is 0.490 e. The van der Waals surface area contributed by atoms with Gasteiger partial charge >= 0.3 is 0 Å². The highest BCUT2D eigenvalue weighted by Gasteiger charge is 2.40. The van der Waals surface area contributed by atoms with Crippen LogP contribution in [0.1, 0.15) is 26.3 Å². The molecule has 0 fully saturated rings. The van der Waals surface area contributed by atoms with Crippen molar-refractivity contribution in [3.8, 4) is 11.5 Å². The number of rotatable bonds is 3. The van der Waals surface area contributed by atoms with Gasteiger partial charge in [0.15, 0.2) is 17.1 Å². The minimum absolute atomic E-state index is 0.112. The van der Waals surface area contributed by atoms with Gasteiger partial charge < -0.3 is 19.5 Å². The molecule has 0 radical (unpaired) electrons. The summed E-state index contributed by atoms with van der Waals surface area (Å²) in [6.45, 7) is 5.71. The zero-order chi connectivity index (χ0) is 14.2. The summed E-state index contributed by atoms with van der Waals surface area (Å²) in [6, 6.07) is 3.48. The number of benzene rings is 1. The van der Waals surface area contributed by atoms with Crippen molar-refractivity contribution in [2.24, 2.45) is 0 Å². The van der Waals surface area contributed by atoms with E-state index in [2.05, 4.69) is 0 Å². The number of carbonyl (C=O) groups excluding carboxylic acids is 1. The lowest BCUT2D eigenvalue weighted by Crippen LogP contribution is -2.51. The van der Waals surface area contributed by atoms with Gasteiger partial charge in [0.25, 0.3) is 5.91 Å². The van der Waals surface area contributed by atoms with Crippen LogP contribution in [-0.2, 0) is 11.4 Å². The van der Waals surface area contributed by atoms with E-state index < -0.39 is 5.60 Å². The number of aliphatic hydroxyl groups is 1. The lowest BCUT2D eigenvalue weighted by atomic mass is 10.0. The summed E-state index contributed by atoms with van der Waals surface area (Å²) in [5.74, 6) is 0.972. The van der Waals surface area contributed by atoms with Crippen LogP contribution in [0.4, 0.5) is 5.69 Å². The summed E-state index contributed by atoms with van der Waals surface area (Å²) in [6.07, 6.45) is 0. The van der Waals surface area contributed by atoms with Gasteiger partial charge in [0.2, 0.25) is 0 Å². The molecule has 0 spiro atoms. The minimum Gasteiger partial charge on any atom is -0.490 e. The third-order valence-electron chi connectivity index (χ3n) is 3.12. The van der Waals surface area contributed by atoms with E-state index in [4.69, 9.17) is 9.47 Å². The molecule has 1 heterocycles. The Kier molecular flexibility index (Phi) is 3.41. The Morgan fingerprint density at radius 3 is 2.68 bits per heavy atom. The molecule has 1 N–H and O–H groups in total. The third kappa shape index (κ3) is 2.26. The maximum atomic E-state index is 12.2. The molecule has 1 aliphatic rings. The number of anilines is 1. The number of aliphatic hydroxyl groups excluding tert-OH is 1. The second kappa shape index (κ2) is 4.74. The van der Waals surface area contributed by atoms with Crippen molar-refractivity contribution in [2.75, 3.05) is 18.6 Å². The van der Waals surface area contributed by atoms with E-state index in [1.165, 1.54) is 0 Å². The fourth-order valence-electron chi connectivity index (χ4n) is 2.16. The van der Waals surface area contributed by atoms with E-state index in [-0.39, 0.29) is 12.5 Å². The molecule has 1 amide bonds. The highest BCUT2D eigenvalue weighted by molar-refractivity contribution is 6.02. The van der Waals surface area contributed by atoms with E-state index in [1.54, 1.807) is 37.9 Å². The minimum atomic E-state index is -0.922. The first kappa shape index (κ1) is 13.7. The number of hydrogen-bond acceptors (Lipinski definition) is 4. The predicted molar refractivity (Wildman–Crippen MR) is 71.7 cm³/mol. The first-order valence-corrected chi connectivity index (χ1v) is 6.28. The summed E-state index contributed by atoms with van der Waals surface area (Å²) < 4.78 is 11.3. The highest BCUT2D eigenvalue weighted by atomic mass is 16.5. The quantitative estimate of drug-likeness (QED) is 0.904. The Bertz CT molecular complexity index is 510. The number of fused-ring (bicyclic) bond motifs is 1. The van der Waals surface area contributed by atoms with Crippen molar-refractivity contribution < 1.29 is 19.4 Å². The van der Waals surface area contributed by atoms with Gasteiger partial charge in [0.1, 0.15) is 0 Å². The van der Waals surface area contributed by atoms with Crippen LogP contribution >= 0.6 is 0 Å². The van der Waals surface area contributed by atoms with E-state index in [1.807, 2.05) is 6.92 Å². The second-order valence-corrected chi connectivity index (χ2v) is 5.01. The Labute approximate surface area is 112 Å². The van der Waals surface area contributed by atoms with Crippen LogP contribution in [0.25, 0.3) is 0 Å². The lowest BCUT2D eigenvalue weighted by Gasteiger charge is -2.37. The maximum Gasteiger partial charge on any atom is 0.270 e. The van der Waals surface area contributed by atoms with Crippen LogP contribution in [-0.4, -0.2) is 30.3 Å². The van der Waals surface area contributed by atoms with E-state index >= 15 is 0 Å². The van der Waals surface area contributed by atoms with Crippen LogP contribution in [0.5, 0.6) is 11.5 Å². The molecule has 0 saturated heterocycles. The average molecular weight is 265 g/mol. The van der Waals surface area contributed by atoms with Crippen LogP contribution in [0.2, 0.25) is 0 Å². The SMILES string of the molecule is CCOc1cc(CO)cc2c1OC(C)(C)C(=O)N2C. The molecule has 1 aliphatic heterocycles. The average Bonchev–Trinajstić information content (AvgIpc) is 2.37. The Hall–Kier alpha value is -1.75. The van der Waals surface area contributed by atoms with Gasteiger partial charge in [-0.05, 0) is 38.5 Å². The highest BCUT2D eigenvalue weighted by Crippen LogP contribution is 2.44. The standard InChI is InChI=1S/C14H19NO4/c1-5-18-11-7-9(8-16)6-10-12(11)19-14(2,3)13(17)15(10)4/h6-7,16H,5,8H2,1-4H3. The Morgan fingerprint density at radius 2 is 2.11 bits per heavy atom. The molecule has 0 bridgehead atoms. The van der Waals surface area contributed by atoms with Gasteiger partial charge in [0.05, 0.1) is 18.9 Å². The fourth-order valence-corrected chi connectivity index (χ4v) is 2.16. The van der Waals surface area contributed by atoms with Crippen molar-refractivity contribution in [2.45, 2.75) is 33.0 Å². The summed E-state index contributed by atoms with van der Waals surface area (Å²) in [4.78, 5) is 13.7. The van der Waals surface area contributed by atoms with Crippen LogP contribution in [0, 0.1) is 0 Å². The zero-order valence-corrected chi connectivity index (χ0v) is 11.7. The molecule has 0 unspecified atom stereocenters. The lowest BCUT2D eigenvalue weighted by molar-refractivity contribution is -0.132. The summed E-state index contributed by atoms with van der Waals surface area (Å²) in [7, 11) is 1.70. The molecule has 0 aliphatic carbocycles. The van der Waals surface area contributed by atoms with Crippen molar-refractivity contribution in [3.05, 3.63) is 17.7 Å². The molecule has 0 atom stereocenters. The summed E-state index contributed by atoms with van der Waals surface area (Å²) >= 11 is 0. The summed E-state index contributed by atoms with van der Waals surface area (Å²) in [5.41, 5.74) is 0.387. The Balaban J connectivity index is 2.59. The second-order valence-electron chi connectivity index (χ2n) is 5.01. The number of ether oxygens (including phenoxy) is 2. The van der Waals surface area contributed by atoms with Crippen molar-refractivity contribution in [1.82, 2.24) is 0 Å². The molecular weight excluding hydrogens is 246 g/mol. The van der Waals surface area contributed by atoms with Crippen molar-refractivity contribution in [1.29, 1.82) is 0 Å². The topological polar surface area (TPSA) is 59.0 Å². The summed E-state index contributed by atoms with van der Waals surface area (Å²) in [5, 5.41) is 9.29. The first-order valence-electron chi connectivity index (χ1n) is 6.28. The van der Waals surface area contributed by atoms with E-state index in [0.29, 0.717) is 29.4 Å².